The molecule has 5 rings (SSSR count). The number of fused-ring (bicyclic) bond motifs is 2. The summed E-state index contributed by atoms with van der Waals surface area (Å²) in [6.07, 6.45) is 1.90. The molecule has 28 heavy (non-hydrogen) atoms. The number of benzene rings is 1. The van der Waals surface area contributed by atoms with Crippen LogP contribution in [0, 0.1) is 6.92 Å². The Labute approximate surface area is 162 Å². The maximum Gasteiger partial charge on any atom is 0.258 e. The van der Waals surface area contributed by atoms with Gasteiger partial charge < -0.3 is 15.2 Å². The number of aryl methyl sites for hydroxylation is 1. The zero-order valence-electron chi connectivity index (χ0n) is 15.9. The second-order valence-corrected chi connectivity index (χ2v) is 7.45. The lowest BCUT2D eigenvalue weighted by molar-refractivity contribution is 0.484. The highest BCUT2D eigenvalue weighted by Gasteiger charge is 2.17. The summed E-state index contributed by atoms with van der Waals surface area (Å²) in [4.78, 5) is 27.5. The SMILES string of the molecule is Cc1nc2cc(-c3cc(=O)n4cc(N5CCN[C@@H](C)C5)ccc4n3)ccc2[nH]1. The molecule has 4 heterocycles. The van der Waals surface area contributed by atoms with Crippen LogP contribution in [-0.2, 0) is 0 Å². The van der Waals surface area contributed by atoms with Crippen LogP contribution in [0.5, 0.6) is 0 Å². The molecule has 0 aliphatic carbocycles. The van der Waals surface area contributed by atoms with Crippen molar-refractivity contribution < 1.29 is 0 Å². The summed E-state index contributed by atoms with van der Waals surface area (Å²) >= 11 is 0. The van der Waals surface area contributed by atoms with Crippen molar-refractivity contribution in [3.05, 3.63) is 58.8 Å². The molecule has 1 saturated heterocycles. The van der Waals surface area contributed by atoms with E-state index in [0.717, 1.165) is 47.7 Å². The molecule has 1 aromatic carbocycles. The van der Waals surface area contributed by atoms with Crippen molar-refractivity contribution in [3.8, 4) is 11.3 Å². The number of nitrogens with one attached hydrogen (secondary N) is 2. The van der Waals surface area contributed by atoms with Gasteiger partial charge in [-0.25, -0.2) is 9.97 Å². The lowest BCUT2D eigenvalue weighted by Gasteiger charge is -2.33. The van der Waals surface area contributed by atoms with Crippen LogP contribution in [-0.4, -0.2) is 45.0 Å². The fourth-order valence-electron chi connectivity index (χ4n) is 3.89. The van der Waals surface area contributed by atoms with Crippen molar-refractivity contribution in [1.29, 1.82) is 0 Å². The predicted molar refractivity (Wildman–Crippen MR) is 111 cm³/mol. The maximum atomic E-state index is 12.8. The van der Waals surface area contributed by atoms with Crippen LogP contribution in [0.25, 0.3) is 27.9 Å². The van der Waals surface area contributed by atoms with Crippen molar-refractivity contribution in [1.82, 2.24) is 24.7 Å². The minimum atomic E-state index is -0.0802. The number of rotatable bonds is 2. The van der Waals surface area contributed by atoms with Crippen LogP contribution in [0.4, 0.5) is 5.69 Å². The van der Waals surface area contributed by atoms with Crippen molar-refractivity contribution in [2.45, 2.75) is 19.9 Å². The third-order valence-corrected chi connectivity index (χ3v) is 5.28. The summed E-state index contributed by atoms with van der Waals surface area (Å²) < 4.78 is 1.63. The van der Waals surface area contributed by atoms with E-state index in [0.29, 0.717) is 17.4 Å². The van der Waals surface area contributed by atoms with Gasteiger partial charge in [-0.05, 0) is 38.1 Å². The molecule has 7 heteroatoms. The average Bonchev–Trinajstić information content (AvgIpc) is 3.07. The van der Waals surface area contributed by atoms with E-state index in [1.807, 2.05) is 43.5 Å². The lowest BCUT2D eigenvalue weighted by Crippen LogP contribution is -2.49. The van der Waals surface area contributed by atoms with Crippen LogP contribution in [0.1, 0.15) is 12.7 Å². The second kappa shape index (κ2) is 6.45. The monoisotopic (exact) mass is 374 g/mol. The number of nitrogens with zero attached hydrogens (tertiary/aromatic N) is 4. The standard InChI is InChI=1S/C21H22N6O/c1-13-11-26(8-7-22-13)16-4-6-20-25-18(10-21(28)27(20)12-16)15-3-5-17-19(9-15)24-14(2)23-17/h3-6,9-10,12-13,22H,7-8,11H2,1-2H3,(H,23,24)/t13-/m0/s1. The molecular formula is C21H22N6O. The molecular weight excluding hydrogens is 352 g/mol. The Morgan fingerprint density at radius 1 is 1.14 bits per heavy atom. The van der Waals surface area contributed by atoms with Gasteiger partial charge in [0.2, 0.25) is 0 Å². The molecule has 142 valence electrons. The fraction of sp³-hybridized carbons (Fsp3) is 0.286. The van der Waals surface area contributed by atoms with E-state index in [1.54, 1.807) is 10.5 Å². The van der Waals surface area contributed by atoms with Crippen molar-refractivity contribution >= 4 is 22.4 Å². The van der Waals surface area contributed by atoms with E-state index < -0.39 is 0 Å². The number of aromatic nitrogens is 4. The summed E-state index contributed by atoms with van der Waals surface area (Å²) in [5.41, 5.74) is 5.02. The van der Waals surface area contributed by atoms with Crippen LogP contribution >= 0.6 is 0 Å². The van der Waals surface area contributed by atoms with Gasteiger partial charge in [0, 0.05) is 43.5 Å². The Hall–Kier alpha value is -3.19. The molecule has 7 nitrogen and oxygen atoms in total. The highest BCUT2D eigenvalue weighted by atomic mass is 16.1. The Balaban J connectivity index is 1.56. The first-order valence-corrected chi connectivity index (χ1v) is 9.55. The zero-order valence-corrected chi connectivity index (χ0v) is 15.9. The van der Waals surface area contributed by atoms with E-state index in [4.69, 9.17) is 4.98 Å². The van der Waals surface area contributed by atoms with Gasteiger partial charge in [-0.1, -0.05) is 6.07 Å². The van der Waals surface area contributed by atoms with Gasteiger partial charge in [0.1, 0.15) is 11.5 Å². The van der Waals surface area contributed by atoms with E-state index in [9.17, 15) is 4.79 Å². The Kier molecular flexibility index (Phi) is 3.91. The number of H-pyrrole nitrogens is 1. The predicted octanol–water partition coefficient (Wildman–Crippen LogP) is 2.34. The van der Waals surface area contributed by atoms with Crippen LogP contribution < -0.4 is 15.8 Å². The molecule has 0 radical (unpaired) electrons. The van der Waals surface area contributed by atoms with Gasteiger partial charge in [0.05, 0.1) is 22.4 Å². The molecule has 1 aliphatic rings. The maximum absolute atomic E-state index is 12.8. The van der Waals surface area contributed by atoms with Gasteiger partial charge in [0.15, 0.2) is 0 Å². The molecule has 0 spiro atoms. The first kappa shape index (κ1) is 16.9. The minimum absolute atomic E-state index is 0.0802. The summed E-state index contributed by atoms with van der Waals surface area (Å²) in [6, 6.07) is 11.9. The number of hydrogen-bond donors (Lipinski definition) is 2. The van der Waals surface area contributed by atoms with Gasteiger partial charge in [0.25, 0.3) is 5.56 Å². The van der Waals surface area contributed by atoms with Crippen molar-refractivity contribution in [2.75, 3.05) is 24.5 Å². The summed E-state index contributed by atoms with van der Waals surface area (Å²) in [5.74, 6) is 0.869. The van der Waals surface area contributed by atoms with Gasteiger partial charge in [-0.2, -0.15) is 0 Å². The number of aromatic amines is 1. The third kappa shape index (κ3) is 2.93. The normalized spacial score (nSPS) is 17.5. The average molecular weight is 374 g/mol. The van der Waals surface area contributed by atoms with Crippen LogP contribution in [0.3, 0.4) is 0 Å². The van der Waals surface area contributed by atoms with E-state index in [1.165, 1.54) is 0 Å². The van der Waals surface area contributed by atoms with E-state index in [2.05, 4.69) is 27.1 Å². The lowest BCUT2D eigenvalue weighted by atomic mass is 10.1. The Bertz CT molecular complexity index is 1240. The minimum Gasteiger partial charge on any atom is -0.368 e. The van der Waals surface area contributed by atoms with Crippen LogP contribution in [0.15, 0.2) is 47.4 Å². The van der Waals surface area contributed by atoms with Gasteiger partial charge >= 0.3 is 0 Å². The molecule has 4 aromatic rings. The Morgan fingerprint density at radius 3 is 2.89 bits per heavy atom. The highest BCUT2D eigenvalue weighted by molar-refractivity contribution is 5.81. The summed E-state index contributed by atoms with van der Waals surface area (Å²) in [7, 11) is 0. The topological polar surface area (TPSA) is 78.3 Å². The first-order valence-electron chi connectivity index (χ1n) is 9.55. The molecule has 1 atom stereocenters. The summed E-state index contributed by atoms with van der Waals surface area (Å²) in [5, 5.41) is 3.44. The zero-order chi connectivity index (χ0) is 19.3. The van der Waals surface area contributed by atoms with Crippen molar-refractivity contribution in [2.24, 2.45) is 0 Å². The molecule has 1 aliphatic heterocycles. The van der Waals surface area contributed by atoms with Gasteiger partial charge in [-0.15, -0.1) is 0 Å². The van der Waals surface area contributed by atoms with Gasteiger partial charge in [-0.3, -0.25) is 9.20 Å². The first-order chi connectivity index (χ1) is 13.6. The number of anilines is 1. The number of piperazine rings is 1. The van der Waals surface area contributed by atoms with E-state index in [-0.39, 0.29) is 5.56 Å². The Morgan fingerprint density at radius 2 is 2.04 bits per heavy atom. The number of hydrogen-bond acceptors (Lipinski definition) is 5. The highest BCUT2D eigenvalue weighted by Crippen LogP contribution is 2.22. The molecule has 0 unspecified atom stereocenters. The molecule has 0 amide bonds. The molecule has 0 bridgehead atoms. The molecule has 0 saturated carbocycles. The molecule has 2 N–H and O–H groups in total. The quantitative estimate of drug-likeness (QED) is 0.563. The van der Waals surface area contributed by atoms with E-state index >= 15 is 0 Å². The summed E-state index contributed by atoms with van der Waals surface area (Å²) in [6.45, 7) is 6.90. The number of imidazole rings is 1. The fourth-order valence-corrected chi connectivity index (χ4v) is 3.89. The molecule has 3 aromatic heterocycles. The van der Waals surface area contributed by atoms with Crippen molar-refractivity contribution in [3.63, 3.8) is 0 Å². The second-order valence-electron chi connectivity index (χ2n) is 7.45. The largest absolute Gasteiger partial charge is 0.368 e. The third-order valence-electron chi connectivity index (χ3n) is 5.28. The number of pyridine rings is 1. The smallest absolute Gasteiger partial charge is 0.258 e. The van der Waals surface area contributed by atoms with Crippen LogP contribution in [0.2, 0.25) is 0 Å². The molecule has 1 fully saturated rings.